The van der Waals surface area contributed by atoms with Crippen LogP contribution in [0.25, 0.3) is 6.08 Å². The SMILES string of the molecule is O=C1N=C(N2CCCCC2)S/C1=C\c1ccc(OCc2ccccc2)cc1. The highest BCUT2D eigenvalue weighted by atomic mass is 32.2. The maximum atomic E-state index is 12.2. The van der Waals surface area contributed by atoms with Crippen molar-refractivity contribution in [3.63, 3.8) is 0 Å². The number of amidine groups is 1. The van der Waals surface area contributed by atoms with Crippen molar-refractivity contribution in [1.82, 2.24) is 4.90 Å². The highest BCUT2D eigenvalue weighted by molar-refractivity contribution is 8.18. The normalized spacial score (nSPS) is 18.7. The largest absolute Gasteiger partial charge is 0.489 e. The topological polar surface area (TPSA) is 41.9 Å². The van der Waals surface area contributed by atoms with Gasteiger partial charge in [0, 0.05) is 13.1 Å². The van der Waals surface area contributed by atoms with E-state index in [0.29, 0.717) is 11.5 Å². The van der Waals surface area contributed by atoms with E-state index < -0.39 is 0 Å². The summed E-state index contributed by atoms with van der Waals surface area (Å²) in [5, 5.41) is 0.855. The van der Waals surface area contributed by atoms with Gasteiger partial charge in [-0.15, -0.1) is 0 Å². The van der Waals surface area contributed by atoms with Crippen LogP contribution in [0.4, 0.5) is 0 Å². The molecule has 0 bridgehead atoms. The lowest BCUT2D eigenvalue weighted by atomic mass is 10.1. The first kappa shape index (κ1) is 17.9. The van der Waals surface area contributed by atoms with Crippen molar-refractivity contribution >= 4 is 28.9 Å². The number of piperidine rings is 1. The van der Waals surface area contributed by atoms with Crippen molar-refractivity contribution in [3.05, 3.63) is 70.6 Å². The van der Waals surface area contributed by atoms with Crippen LogP contribution in [0.2, 0.25) is 0 Å². The van der Waals surface area contributed by atoms with Crippen molar-refractivity contribution < 1.29 is 9.53 Å². The molecule has 5 heteroatoms. The molecule has 2 heterocycles. The minimum Gasteiger partial charge on any atom is -0.489 e. The van der Waals surface area contributed by atoms with Gasteiger partial charge in [-0.2, -0.15) is 4.99 Å². The molecule has 0 unspecified atom stereocenters. The van der Waals surface area contributed by atoms with Gasteiger partial charge in [0.05, 0.1) is 4.91 Å². The van der Waals surface area contributed by atoms with Gasteiger partial charge < -0.3 is 9.64 Å². The summed E-state index contributed by atoms with van der Waals surface area (Å²) in [6.07, 6.45) is 5.53. The highest BCUT2D eigenvalue weighted by Crippen LogP contribution is 2.31. The van der Waals surface area contributed by atoms with E-state index in [0.717, 1.165) is 35.1 Å². The molecule has 0 aromatic heterocycles. The van der Waals surface area contributed by atoms with Crippen molar-refractivity contribution in [2.45, 2.75) is 25.9 Å². The molecule has 138 valence electrons. The molecule has 0 radical (unpaired) electrons. The number of nitrogens with zero attached hydrogens (tertiary/aromatic N) is 2. The summed E-state index contributed by atoms with van der Waals surface area (Å²) in [7, 11) is 0. The van der Waals surface area contributed by atoms with Gasteiger partial charge >= 0.3 is 0 Å². The standard InChI is InChI=1S/C22H22N2O2S/c25-21-20(27-22(23-21)24-13-5-2-6-14-24)15-17-9-11-19(12-10-17)26-16-18-7-3-1-4-8-18/h1,3-4,7-12,15H,2,5-6,13-14,16H2/b20-15-. The summed E-state index contributed by atoms with van der Waals surface area (Å²) in [5.41, 5.74) is 2.12. The zero-order chi connectivity index (χ0) is 18.5. The third kappa shape index (κ3) is 4.61. The average molecular weight is 378 g/mol. The molecule has 0 N–H and O–H groups in total. The predicted octanol–water partition coefficient (Wildman–Crippen LogP) is 4.72. The molecule has 27 heavy (non-hydrogen) atoms. The minimum atomic E-state index is -0.134. The molecule has 1 fully saturated rings. The number of ether oxygens (including phenoxy) is 1. The Balaban J connectivity index is 1.37. The van der Waals surface area contributed by atoms with Crippen LogP contribution >= 0.6 is 11.8 Å². The first-order valence-electron chi connectivity index (χ1n) is 9.32. The van der Waals surface area contributed by atoms with E-state index >= 15 is 0 Å². The van der Waals surface area contributed by atoms with Crippen LogP contribution < -0.4 is 4.74 Å². The van der Waals surface area contributed by atoms with Gasteiger partial charge in [-0.3, -0.25) is 4.79 Å². The highest BCUT2D eigenvalue weighted by Gasteiger charge is 2.26. The van der Waals surface area contributed by atoms with E-state index in [9.17, 15) is 4.79 Å². The number of aliphatic imine (C=N–C) groups is 1. The summed E-state index contributed by atoms with van der Waals surface area (Å²) >= 11 is 1.49. The number of rotatable bonds is 4. The smallest absolute Gasteiger partial charge is 0.286 e. The fourth-order valence-corrected chi connectivity index (χ4v) is 4.14. The first-order chi connectivity index (χ1) is 13.3. The second kappa shape index (κ2) is 8.44. The fourth-order valence-electron chi connectivity index (χ4n) is 3.17. The lowest BCUT2D eigenvalue weighted by Crippen LogP contribution is -2.33. The monoisotopic (exact) mass is 378 g/mol. The van der Waals surface area contributed by atoms with Crippen LogP contribution in [0.3, 0.4) is 0 Å². The molecule has 1 saturated heterocycles. The van der Waals surface area contributed by atoms with Crippen molar-refractivity contribution in [2.24, 2.45) is 4.99 Å². The second-order valence-corrected chi connectivity index (χ2v) is 7.71. The number of carbonyl (C=O) groups excluding carboxylic acids is 1. The van der Waals surface area contributed by atoms with Crippen LogP contribution in [-0.4, -0.2) is 29.1 Å². The Hall–Kier alpha value is -2.53. The molecule has 2 aromatic rings. The molecule has 2 aliphatic heterocycles. The second-order valence-electron chi connectivity index (χ2n) is 6.70. The molecule has 2 aliphatic rings. The molecule has 4 rings (SSSR count). The van der Waals surface area contributed by atoms with Gasteiger partial charge in [0.2, 0.25) is 0 Å². The Morgan fingerprint density at radius 1 is 1.00 bits per heavy atom. The average Bonchev–Trinajstić information content (AvgIpc) is 3.09. The van der Waals surface area contributed by atoms with E-state index in [1.54, 1.807) is 0 Å². The van der Waals surface area contributed by atoms with Crippen molar-refractivity contribution in [2.75, 3.05) is 13.1 Å². The van der Waals surface area contributed by atoms with Gasteiger partial charge in [-0.25, -0.2) is 0 Å². The molecule has 1 amide bonds. The number of benzene rings is 2. The summed E-state index contributed by atoms with van der Waals surface area (Å²) < 4.78 is 5.81. The predicted molar refractivity (Wildman–Crippen MR) is 111 cm³/mol. The van der Waals surface area contributed by atoms with Crippen LogP contribution in [0, 0.1) is 0 Å². The number of likely N-dealkylation sites (tertiary alicyclic amines) is 1. The molecule has 0 saturated carbocycles. The van der Waals surface area contributed by atoms with Crippen LogP contribution in [0.15, 0.2) is 64.5 Å². The molecule has 0 spiro atoms. The van der Waals surface area contributed by atoms with E-state index in [1.807, 2.05) is 60.7 Å². The van der Waals surface area contributed by atoms with Crippen molar-refractivity contribution in [3.8, 4) is 5.75 Å². The van der Waals surface area contributed by atoms with Gasteiger partial charge in [0.15, 0.2) is 5.17 Å². The number of hydrogen-bond donors (Lipinski definition) is 0. The zero-order valence-corrected chi connectivity index (χ0v) is 16.0. The Labute approximate surface area is 163 Å². The summed E-state index contributed by atoms with van der Waals surface area (Å²) in [6.45, 7) is 2.54. The summed E-state index contributed by atoms with van der Waals surface area (Å²) in [4.78, 5) is 19.4. The lowest BCUT2D eigenvalue weighted by Gasteiger charge is -2.27. The maximum absolute atomic E-state index is 12.2. The van der Waals surface area contributed by atoms with Crippen LogP contribution in [0.1, 0.15) is 30.4 Å². The molecular formula is C22H22N2O2S. The molecule has 4 nitrogen and oxygen atoms in total. The third-order valence-corrected chi connectivity index (χ3v) is 5.71. The molecular weight excluding hydrogens is 356 g/mol. The summed E-state index contributed by atoms with van der Waals surface area (Å²) in [6, 6.07) is 17.9. The Morgan fingerprint density at radius 2 is 1.74 bits per heavy atom. The minimum absolute atomic E-state index is 0.134. The third-order valence-electron chi connectivity index (χ3n) is 4.66. The number of thioether (sulfide) groups is 1. The fraction of sp³-hybridized carbons (Fsp3) is 0.273. The van der Waals surface area contributed by atoms with E-state index in [2.05, 4.69) is 9.89 Å². The van der Waals surface area contributed by atoms with E-state index in [-0.39, 0.29) is 5.91 Å². The number of carbonyl (C=O) groups is 1. The zero-order valence-electron chi connectivity index (χ0n) is 15.1. The lowest BCUT2D eigenvalue weighted by molar-refractivity contribution is -0.113. The van der Waals surface area contributed by atoms with Crippen LogP contribution in [0.5, 0.6) is 5.75 Å². The maximum Gasteiger partial charge on any atom is 0.286 e. The Bertz CT molecular complexity index is 854. The molecule has 0 atom stereocenters. The van der Waals surface area contributed by atoms with Gasteiger partial charge in [-0.1, -0.05) is 42.5 Å². The number of hydrogen-bond acceptors (Lipinski definition) is 4. The van der Waals surface area contributed by atoms with Crippen molar-refractivity contribution in [1.29, 1.82) is 0 Å². The molecule has 2 aromatic carbocycles. The quantitative estimate of drug-likeness (QED) is 0.722. The Morgan fingerprint density at radius 3 is 2.48 bits per heavy atom. The van der Waals surface area contributed by atoms with Gasteiger partial charge in [0.1, 0.15) is 12.4 Å². The summed E-state index contributed by atoms with van der Waals surface area (Å²) in [5.74, 6) is 0.682. The van der Waals surface area contributed by atoms with Gasteiger partial charge in [-0.05, 0) is 60.4 Å². The first-order valence-corrected chi connectivity index (χ1v) is 10.1. The van der Waals surface area contributed by atoms with E-state index in [4.69, 9.17) is 4.74 Å². The van der Waals surface area contributed by atoms with E-state index in [1.165, 1.54) is 31.0 Å². The Kier molecular flexibility index (Phi) is 5.58. The van der Waals surface area contributed by atoms with Gasteiger partial charge in [0.25, 0.3) is 5.91 Å². The van der Waals surface area contributed by atoms with Crippen LogP contribution in [-0.2, 0) is 11.4 Å². The number of amides is 1. The molecule has 0 aliphatic carbocycles.